The molecule has 2 aromatic rings. The number of nitrogens with two attached hydrogens (primary N) is 1. The Morgan fingerprint density at radius 3 is 2.09 bits per heavy atom. The van der Waals surface area contributed by atoms with Gasteiger partial charge in [0, 0.05) is 31.3 Å². The van der Waals surface area contributed by atoms with Crippen LogP contribution < -0.4 is 11.2 Å². The van der Waals surface area contributed by atoms with Gasteiger partial charge in [-0.15, -0.1) is 0 Å². The Labute approximate surface area is 194 Å². The number of primary amides is 1. The van der Waals surface area contributed by atoms with Gasteiger partial charge in [-0.2, -0.15) is 0 Å². The Morgan fingerprint density at radius 1 is 1.00 bits per heavy atom. The number of hydrogen-bond acceptors (Lipinski definition) is 3. The summed E-state index contributed by atoms with van der Waals surface area (Å²) in [7, 11) is 0. The molecule has 3 aliphatic rings. The predicted octanol–water partition coefficient (Wildman–Crippen LogP) is 6.22. The molecule has 3 fully saturated rings. The summed E-state index contributed by atoms with van der Waals surface area (Å²) in [6.07, 6.45) is 14.6. The second-order valence-corrected chi connectivity index (χ2v) is 9.67. The minimum atomic E-state index is -2.35. The fourth-order valence-corrected chi connectivity index (χ4v) is 5.74. The SMILES string of the molecule is CC.FC1(F)CCC(C2CCC3(CCC3)CC2)CC1.NC(=O)c1nccc2[nH]ccc(=O)c12. The van der Waals surface area contributed by atoms with Crippen molar-refractivity contribution in [3.05, 3.63) is 40.4 Å². The van der Waals surface area contributed by atoms with E-state index >= 15 is 0 Å². The molecule has 3 N–H and O–H groups in total. The van der Waals surface area contributed by atoms with Gasteiger partial charge in [-0.05, 0) is 74.7 Å². The fraction of sp³-hybridized carbons (Fsp3) is 0.654. The number of aromatic amines is 1. The number of rotatable bonds is 2. The number of halogens is 2. The molecule has 0 bridgehead atoms. The molecule has 3 saturated carbocycles. The van der Waals surface area contributed by atoms with E-state index in [4.69, 9.17) is 5.73 Å². The lowest BCUT2D eigenvalue weighted by Crippen LogP contribution is -2.37. The first kappa shape index (κ1) is 25.3. The minimum absolute atomic E-state index is 0.00403. The van der Waals surface area contributed by atoms with Crippen molar-refractivity contribution in [2.24, 2.45) is 23.0 Å². The van der Waals surface area contributed by atoms with E-state index in [1.54, 1.807) is 6.07 Å². The van der Waals surface area contributed by atoms with E-state index in [0.29, 0.717) is 11.4 Å². The first-order valence-electron chi connectivity index (χ1n) is 12.4. The molecule has 33 heavy (non-hydrogen) atoms. The number of fused-ring (bicyclic) bond motifs is 1. The Bertz CT molecular complexity index is 975. The molecule has 0 atom stereocenters. The van der Waals surface area contributed by atoms with Gasteiger partial charge >= 0.3 is 0 Å². The molecule has 7 heteroatoms. The molecule has 0 unspecified atom stereocenters. The Kier molecular flexibility index (Phi) is 8.24. The molecule has 1 spiro atoms. The van der Waals surface area contributed by atoms with Gasteiger partial charge < -0.3 is 10.7 Å². The molecule has 5 rings (SSSR count). The molecular weight excluding hydrogens is 424 g/mol. The van der Waals surface area contributed by atoms with Crippen molar-refractivity contribution in [1.82, 2.24) is 9.97 Å². The zero-order valence-corrected chi connectivity index (χ0v) is 19.8. The molecule has 182 valence electrons. The van der Waals surface area contributed by atoms with Crippen molar-refractivity contribution in [2.75, 3.05) is 0 Å². The number of hydrogen-bond donors (Lipinski definition) is 2. The molecule has 5 nitrogen and oxygen atoms in total. The van der Waals surface area contributed by atoms with Crippen LogP contribution >= 0.6 is 0 Å². The topological polar surface area (TPSA) is 88.8 Å². The lowest BCUT2D eigenvalue weighted by molar-refractivity contribution is -0.0595. The maximum atomic E-state index is 13.1. The van der Waals surface area contributed by atoms with Gasteiger partial charge in [-0.3, -0.25) is 14.6 Å². The maximum absolute atomic E-state index is 13.1. The van der Waals surface area contributed by atoms with Crippen LogP contribution in [0.3, 0.4) is 0 Å². The van der Waals surface area contributed by atoms with E-state index in [1.807, 2.05) is 13.8 Å². The van der Waals surface area contributed by atoms with Crippen LogP contribution in [0.4, 0.5) is 8.78 Å². The van der Waals surface area contributed by atoms with Crippen LogP contribution in [0.1, 0.15) is 95.0 Å². The average Bonchev–Trinajstić information content (AvgIpc) is 2.80. The Morgan fingerprint density at radius 2 is 1.58 bits per heavy atom. The third-order valence-electron chi connectivity index (χ3n) is 7.84. The Hall–Kier alpha value is -2.31. The van der Waals surface area contributed by atoms with E-state index in [0.717, 1.165) is 24.2 Å². The van der Waals surface area contributed by atoms with Gasteiger partial charge in [0.15, 0.2) is 5.43 Å². The molecule has 0 saturated heterocycles. The van der Waals surface area contributed by atoms with E-state index < -0.39 is 11.8 Å². The highest BCUT2D eigenvalue weighted by Gasteiger charge is 2.43. The molecule has 1 amide bonds. The number of aromatic nitrogens is 2. The van der Waals surface area contributed by atoms with Gasteiger partial charge in [0.2, 0.25) is 5.92 Å². The highest BCUT2D eigenvalue weighted by Crippen LogP contribution is 2.55. The second kappa shape index (κ2) is 10.7. The smallest absolute Gasteiger partial charge is 0.268 e. The van der Waals surface area contributed by atoms with Crippen LogP contribution in [0.2, 0.25) is 0 Å². The van der Waals surface area contributed by atoms with E-state index in [-0.39, 0.29) is 29.4 Å². The van der Waals surface area contributed by atoms with Crippen molar-refractivity contribution >= 4 is 16.8 Å². The minimum Gasteiger partial charge on any atom is -0.364 e. The summed E-state index contributed by atoms with van der Waals surface area (Å²) in [5, 5.41) is 0.238. The van der Waals surface area contributed by atoms with Crippen molar-refractivity contribution in [2.45, 2.75) is 90.4 Å². The van der Waals surface area contributed by atoms with Gasteiger partial charge in [0.1, 0.15) is 5.69 Å². The molecule has 0 radical (unpaired) electrons. The number of carbonyl (C=O) groups is 1. The van der Waals surface area contributed by atoms with Crippen molar-refractivity contribution in [3.8, 4) is 0 Å². The number of H-pyrrole nitrogens is 1. The van der Waals surface area contributed by atoms with Crippen LogP contribution in [0.25, 0.3) is 10.9 Å². The highest BCUT2D eigenvalue weighted by atomic mass is 19.3. The predicted molar refractivity (Wildman–Crippen MR) is 127 cm³/mol. The molecular formula is C26H37F2N3O2. The summed E-state index contributed by atoms with van der Waals surface area (Å²) >= 11 is 0. The average molecular weight is 462 g/mol. The third-order valence-corrected chi connectivity index (χ3v) is 7.84. The number of nitrogens with zero attached hydrogens (tertiary/aromatic N) is 1. The van der Waals surface area contributed by atoms with E-state index in [2.05, 4.69) is 9.97 Å². The van der Waals surface area contributed by atoms with Gasteiger partial charge in [-0.25, -0.2) is 8.78 Å². The van der Waals surface area contributed by atoms with E-state index in [1.165, 1.54) is 63.4 Å². The molecule has 3 aliphatic carbocycles. The molecule has 2 aromatic heterocycles. The summed E-state index contributed by atoms with van der Waals surface area (Å²) in [6, 6.07) is 2.94. The number of pyridine rings is 2. The first-order valence-corrected chi connectivity index (χ1v) is 12.4. The fourth-order valence-electron chi connectivity index (χ4n) is 5.74. The monoisotopic (exact) mass is 461 g/mol. The van der Waals surface area contributed by atoms with Crippen molar-refractivity contribution in [3.63, 3.8) is 0 Å². The second-order valence-electron chi connectivity index (χ2n) is 9.67. The summed E-state index contributed by atoms with van der Waals surface area (Å²) in [4.78, 5) is 29.0. The number of carbonyl (C=O) groups excluding carboxylic acids is 1. The van der Waals surface area contributed by atoms with Gasteiger partial charge in [0.05, 0.1) is 10.9 Å². The number of nitrogens with one attached hydrogen (secondary N) is 1. The van der Waals surface area contributed by atoms with Crippen molar-refractivity contribution < 1.29 is 13.6 Å². The van der Waals surface area contributed by atoms with Gasteiger partial charge in [0.25, 0.3) is 5.91 Å². The van der Waals surface area contributed by atoms with Crippen LogP contribution in [-0.2, 0) is 0 Å². The van der Waals surface area contributed by atoms with E-state index in [9.17, 15) is 18.4 Å². The molecule has 0 aliphatic heterocycles. The zero-order chi connectivity index (χ0) is 24.1. The summed E-state index contributed by atoms with van der Waals surface area (Å²) in [6.45, 7) is 4.00. The Balaban J connectivity index is 0.000000176. The highest BCUT2D eigenvalue weighted by molar-refractivity contribution is 6.03. The lowest BCUT2D eigenvalue weighted by Gasteiger charge is -2.49. The summed E-state index contributed by atoms with van der Waals surface area (Å²) < 4.78 is 26.3. The maximum Gasteiger partial charge on any atom is 0.268 e. The third kappa shape index (κ3) is 5.98. The molecule has 0 aromatic carbocycles. The normalized spacial score (nSPS) is 23.5. The van der Waals surface area contributed by atoms with Crippen LogP contribution in [0.5, 0.6) is 0 Å². The largest absolute Gasteiger partial charge is 0.364 e. The van der Waals surface area contributed by atoms with Gasteiger partial charge in [-0.1, -0.05) is 20.3 Å². The standard InChI is InChI=1S/C15H24F2.C9H7N3O2.C2H6/c16-15(17)10-4-13(5-11-15)12-2-8-14(9-3-12)6-1-7-14;10-9(14)8-7-5(1-3-12-8)11-4-2-6(7)13;1-2/h12-13H,1-11H2;1-4H,(H2,10,14)(H,11,13);1-2H3. The van der Waals surface area contributed by atoms with Crippen LogP contribution in [0.15, 0.2) is 29.3 Å². The summed E-state index contributed by atoms with van der Waals surface area (Å²) in [5.41, 5.74) is 6.11. The summed E-state index contributed by atoms with van der Waals surface area (Å²) in [5.74, 6) is -1.66. The zero-order valence-electron chi connectivity index (χ0n) is 19.8. The molecule has 2 heterocycles. The van der Waals surface area contributed by atoms with Crippen LogP contribution in [0, 0.1) is 17.3 Å². The lowest BCUT2D eigenvalue weighted by atomic mass is 9.57. The first-order chi connectivity index (χ1) is 15.8. The van der Waals surface area contributed by atoms with Crippen LogP contribution in [-0.4, -0.2) is 21.8 Å². The van der Waals surface area contributed by atoms with Crippen molar-refractivity contribution in [1.29, 1.82) is 0 Å². The quantitative estimate of drug-likeness (QED) is 0.556. The number of alkyl halides is 2. The number of amides is 1.